The van der Waals surface area contributed by atoms with Crippen LogP contribution >= 0.6 is 15.9 Å². The molecule has 6 nitrogen and oxygen atoms in total. The highest BCUT2D eigenvalue weighted by Gasteiger charge is 2.15. The highest BCUT2D eigenvalue weighted by atomic mass is 79.9. The fraction of sp³-hybridized carbons (Fsp3) is 0.429. The first kappa shape index (κ1) is 15.6. The van der Waals surface area contributed by atoms with Gasteiger partial charge in [-0.2, -0.15) is 4.98 Å². The predicted octanol–water partition coefficient (Wildman–Crippen LogP) is 3.53. The van der Waals surface area contributed by atoms with Crippen LogP contribution in [0.25, 0.3) is 11.1 Å². The molecule has 21 heavy (non-hydrogen) atoms. The first-order valence-electron chi connectivity index (χ1n) is 6.61. The number of anilines is 1. The Morgan fingerprint density at radius 3 is 2.81 bits per heavy atom. The van der Waals surface area contributed by atoms with E-state index in [-0.39, 0.29) is 0 Å². The van der Waals surface area contributed by atoms with Crippen molar-refractivity contribution in [1.29, 1.82) is 0 Å². The van der Waals surface area contributed by atoms with E-state index >= 15 is 0 Å². The summed E-state index contributed by atoms with van der Waals surface area (Å²) in [6.07, 6.45) is -0.440. The van der Waals surface area contributed by atoms with E-state index in [1.807, 2.05) is 39.0 Å². The van der Waals surface area contributed by atoms with Gasteiger partial charge in [0.25, 0.3) is 6.01 Å². The van der Waals surface area contributed by atoms with Crippen LogP contribution in [0.5, 0.6) is 0 Å². The van der Waals surface area contributed by atoms with Crippen molar-refractivity contribution < 1.29 is 13.9 Å². The molecule has 2 N–H and O–H groups in total. The number of amides is 1. The number of benzene rings is 1. The lowest BCUT2D eigenvalue weighted by atomic mass is 10.2. The van der Waals surface area contributed by atoms with Crippen LogP contribution in [0.3, 0.4) is 0 Å². The van der Waals surface area contributed by atoms with Gasteiger partial charge in [-0.25, -0.2) is 4.79 Å². The quantitative estimate of drug-likeness (QED) is 0.820. The second-order valence-electron chi connectivity index (χ2n) is 5.46. The van der Waals surface area contributed by atoms with E-state index in [9.17, 15) is 4.79 Å². The van der Waals surface area contributed by atoms with Gasteiger partial charge in [0.15, 0.2) is 5.58 Å². The van der Waals surface area contributed by atoms with Crippen LogP contribution in [-0.2, 0) is 4.74 Å². The number of halogens is 1. The highest BCUT2D eigenvalue weighted by Crippen LogP contribution is 2.26. The van der Waals surface area contributed by atoms with Gasteiger partial charge in [-0.3, -0.25) is 0 Å². The molecule has 7 heteroatoms. The molecule has 114 valence electrons. The minimum Gasteiger partial charge on any atom is -0.444 e. The zero-order valence-electron chi connectivity index (χ0n) is 12.2. The maximum absolute atomic E-state index is 11.4. The molecule has 0 aliphatic heterocycles. The number of nitrogens with zero attached hydrogens (tertiary/aromatic N) is 1. The number of hydrogen-bond acceptors (Lipinski definition) is 5. The zero-order valence-corrected chi connectivity index (χ0v) is 13.8. The summed E-state index contributed by atoms with van der Waals surface area (Å²) in [7, 11) is 0. The Labute approximate surface area is 131 Å². The molecular weight excluding hydrogens is 338 g/mol. The maximum Gasteiger partial charge on any atom is 0.407 e. The molecule has 0 aliphatic carbocycles. The number of alkyl carbamates (subject to hydrolysis) is 1. The van der Waals surface area contributed by atoms with E-state index < -0.39 is 11.7 Å². The van der Waals surface area contributed by atoms with Crippen molar-refractivity contribution in [2.75, 3.05) is 18.4 Å². The molecule has 1 aromatic heterocycles. The van der Waals surface area contributed by atoms with Crippen molar-refractivity contribution in [2.24, 2.45) is 0 Å². The molecule has 0 fully saturated rings. The normalized spacial score (nSPS) is 11.4. The zero-order chi connectivity index (χ0) is 15.5. The number of aromatic nitrogens is 1. The molecule has 0 atom stereocenters. The molecule has 2 rings (SSSR count). The molecule has 0 radical (unpaired) electrons. The van der Waals surface area contributed by atoms with Crippen molar-refractivity contribution >= 4 is 39.1 Å². The smallest absolute Gasteiger partial charge is 0.407 e. The van der Waals surface area contributed by atoms with Crippen LogP contribution in [0, 0.1) is 0 Å². The predicted molar refractivity (Wildman–Crippen MR) is 84.4 cm³/mol. The number of carbonyl (C=O) groups is 1. The van der Waals surface area contributed by atoms with Crippen LogP contribution in [0.15, 0.2) is 27.1 Å². The molecular formula is C14H18BrN3O3. The van der Waals surface area contributed by atoms with Crippen molar-refractivity contribution in [3.05, 3.63) is 22.7 Å². The van der Waals surface area contributed by atoms with Gasteiger partial charge < -0.3 is 19.8 Å². The summed E-state index contributed by atoms with van der Waals surface area (Å²) in [5.41, 5.74) is 0.969. The van der Waals surface area contributed by atoms with Gasteiger partial charge in [0.2, 0.25) is 0 Å². The lowest BCUT2D eigenvalue weighted by Crippen LogP contribution is -2.35. The Kier molecular flexibility index (Phi) is 4.72. The first-order chi connectivity index (χ1) is 9.85. The van der Waals surface area contributed by atoms with Crippen LogP contribution < -0.4 is 10.6 Å². The second kappa shape index (κ2) is 6.34. The third-order valence-corrected chi connectivity index (χ3v) is 3.06. The topological polar surface area (TPSA) is 76.4 Å². The van der Waals surface area contributed by atoms with Crippen molar-refractivity contribution in [1.82, 2.24) is 10.3 Å². The third kappa shape index (κ3) is 4.63. The number of nitrogens with one attached hydrogen (secondary N) is 2. The van der Waals surface area contributed by atoms with E-state index in [1.165, 1.54) is 0 Å². The van der Waals surface area contributed by atoms with Gasteiger partial charge in [-0.05, 0) is 48.8 Å². The SMILES string of the molecule is CC(C)(C)OC(=O)NCCNc1nc2cccc(Br)c2o1. The summed E-state index contributed by atoms with van der Waals surface area (Å²) in [6, 6.07) is 6.07. The van der Waals surface area contributed by atoms with Crippen LogP contribution in [0.4, 0.5) is 10.8 Å². The number of ether oxygens (including phenoxy) is 1. The van der Waals surface area contributed by atoms with Crippen LogP contribution in [0.1, 0.15) is 20.8 Å². The van der Waals surface area contributed by atoms with Gasteiger partial charge in [-0.15, -0.1) is 0 Å². The van der Waals surface area contributed by atoms with Gasteiger partial charge in [0.1, 0.15) is 11.1 Å². The molecule has 2 aromatic rings. The second-order valence-corrected chi connectivity index (χ2v) is 6.32. The lowest BCUT2D eigenvalue weighted by molar-refractivity contribution is 0.0530. The number of rotatable bonds is 4. The van der Waals surface area contributed by atoms with E-state index in [0.717, 1.165) is 9.99 Å². The average Bonchev–Trinajstić information content (AvgIpc) is 2.77. The number of para-hydroxylation sites is 1. The van der Waals surface area contributed by atoms with E-state index in [4.69, 9.17) is 9.15 Å². The summed E-state index contributed by atoms with van der Waals surface area (Å²) in [5.74, 6) is 0. The van der Waals surface area contributed by atoms with Gasteiger partial charge >= 0.3 is 6.09 Å². The summed E-state index contributed by atoms with van der Waals surface area (Å²) < 4.78 is 11.6. The largest absolute Gasteiger partial charge is 0.444 e. The van der Waals surface area contributed by atoms with E-state index in [0.29, 0.717) is 24.7 Å². The average molecular weight is 356 g/mol. The van der Waals surface area contributed by atoms with Gasteiger partial charge in [0.05, 0.1) is 4.47 Å². The Bertz CT molecular complexity index is 634. The number of carbonyl (C=O) groups excluding carboxylic acids is 1. The summed E-state index contributed by atoms with van der Waals surface area (Å²) in [6.45, 7) is 6.36. The molecule has 0 spiro atoms. The summed E-state index contributed by atoms with van der Waals surface area (Å²) in [5, 5.41) is 5.66. The van der Waals surface area contributed by atoms with Crippen molar-refractivity contribution in [3.63, 3.8) is 0 Å². The number of oxazole rings is 1. The molecule has 0 saturated heterocycles. The fourth-order valence-corrected chi connectivity index (χ4v) is 2.08. The Morgan fingerprint density at radius 1 is 1.38 bits per heavy atom. The molecule has 1 amide bonds. The van der Waals surface area contributed by atoms with E-state index in [2.05, 4.69) is 31.5 Å². The maximum atomic E-state index is 11.4. The monoisotopic (exact) mass is 355 g/mol. The van der Waals surface area contributed by atoms with Crippen molar-refractivity contribution in [3.8, 4) is 0 Å². The Morgan fingerprint density at radius 2 is 2.14 bits per heavy atom. The van der Waals surface area contributed by atoms with Crippen LogP contribution in [0.2, 0.25) is 0 Å². The number of fused-ring (bicyclic) bond motifs is 1. The fourth-order valence-electron chi connectivity index (χ4n) is 1.64. The molecule has 0 saturated carbocycles. The Balaban J connectivity index is 1.80. The molecule has 0 bridgehead atoms. The molecule has 1 aromatic carbocycles. The molecule has 0 aliphatic rings. The highest BCUT2D eigenvalue weighted by molar-refractivity contribution is 9.10. The number of hydrogen-bond donors (Lipinski definition) is 2. The summed E-state index contributed by atoms with van der Waals surface area (Å²) >= 11 is 3.40. The van der Waals surface area contributed by atoms with Crippen molar-refractivity contribution in [2.45, 2.75) is 26.4 Å². The lowest BCUT2D eigenvalue weighted by Gasteiger charge is -2.19. The minimum absolute atomic E-state index is 0.412. The first-order valence-corrected chi connectivity index (χ1v) is 7.40. The van der Waals surface area contributed by atoms with Gasteiger partial charge in [-0.1, -0.05) is 6.07 Å². The third-order valence-electron chi connectivity index (χ3n) is 2.44. The minimum atomic E-state index is -0.496. The molecule has 0 unspecified atom stereocenters. The van der Waals surface area contributed by atoms with Crippen LogP contribution in [-0.4, -0.2) is 29.8 Å². The van der Waals surface area contributed by atoms with Gasteiger partial charge in [0, 0.05) is 13.1 Å². The standard InChI is InChI=1S/C14H18BrN3O3/c1-14(2,3)21-13(19)17-8-7-16-12-18-10-6-4-5-9(15)11(10)20-12/h4-6H,7-8H2,1-3H3,(H,16,18)(H,17,19). The van der Waals surface area contributed by atoms with E-state index in [1.54, 1.807) is 0 Å². The Hall–Kier alpha value is -1.76. The summed E-state index contributed by atoms with van der Waals surface area (Å²) in [4.78, 5) is 15.7. The molecule has 1 heterocycles.